The summed E-state index contributed by atoms with van der Waals surface area (Å²) in [6, 6.07) is 6.88. The van der Waals surface area contributed by atoms with Gasteiger partial charge in [-0.1, -0.05) is 6.07 Å². The third-order valence-electron chi connectivity index (χ3n) is 2.80. The van der Waals surface area contributed by atoms with Crippen molar-refractivity contribution in [3.8, 4) is 17.2 Å². The summed E-state index contributed by atoms with van der Waals surface area (Å²) in [6.07, 6.45) is -1.35. The molecular formula is C14H9F3N2. The van der Waals surface area contributed by atoms with E-state index in [1.54, 1.807) is 24.5 Å². The Morgan fingerprint density at radius 3 is 2.53 bits per heavy atom. The van der Waals surface area contributed by atoms with Crippen molar-refractivity contribution >= 4 is 0 Å². The molecule has 1 heterocycles. The third-order valence-corrected chi connectivity index (χ3v) is 2.80. The average molecular weight is 262 g/mol. The normalized spacial score (nSPS) is 11.1. The quantitative estimate of drug-likeness (QED) is 0.780. The highest BCUT2D eigenvalue weighted by atomic mass is 19.4. The summed E-state index contributed by atoms with van der Waals surface area (Å²) < 4.78 is 38.1. The van der Waals surface area contributed by atoms with E-state index >= 15 is 0 Å². The van der Waals surface area contributed by atoms with E-state index in [0.29, 0.717) is 11.1 Å². The lowest BCUT2D eigenvalue weighted by molar-refractivity contribution is -0.137. The van der Waals surface area contributed by atoms with E-state index in [1.807, 2.05) is 6.92 Å². The minimum atomic E-state index is -4.52. The molecule has 96 valence electrons. The number of hydrogen-bond acceptors (Lipinski definition) is 2. The van der Waals surface area contributed by atoms with E-state index in [4.69, 9.17) is 5.26 Å². The summed E-state index contributed by atoms with van der Waals surface area (Å²) in [5, 5.41) is 8.86. The number of halogens is 3. The molecule has 0 N–H and O–H groups in total. The third kappa shape index (κ3) is 2.58. The van der Waals surface area contributed by atoms with Crippen LogP contribution >= 0.6 is 0 Å². The molecule has 0 spiro atoms. The Morgan fingerprint density at radius 2 is 1.95 bits per heavy atom. The fraction of sp³-hybridized carbons (Fsp3) is 0.143. The summed E-state index contributed by atoms with van der Waals surface area (Å²) in [4.78, 5) is 3.94. The molecule has 5 heteroatoms. The number of pyridine rings is 1. The second-order valence-corrected chi connectivity index (χ2v) is 4.06. The molecule has 0 aliphatic heterocycles. The second-order valence-electron chi connectivity index (χ2n) is 4.06. The van der Waals surface area contributed by atoms with Crippen molar-refractivity contribution in [3.05, 3.63) is 53.3 Å². The monoisotopic (exact) mass is 262 g/mol. The van der Waals surface area contributed by atoms with Gasteiger partial charge in [0.2, 0.25) is 0 Å². The van der Waals surface area contributed by atoms with Gasteiger partial charge >= 0.3 is 6.18 Å². The van der Waals surface area contributed by atoms with Crippen LogP contribution in [-0.4, -0.2) is 4.98 Å². The highest BCUT2D eigenvalue weighted by Gasteiger charge is 2.33. The van der Waals surface area contributed by atoms with Crippen LogP contribution in [0.3, 0.4) is 0 Å². The summed E-state index contributed by atoms with van der Waals surface area (Å²) in [5.74, 6) is 0. The zero-order chi connectivity index (χ0) is 14.0. The number of hydrogen-bond donors (Lipinski definition) is 0. The Kier molecular flexibility index (Phi) is 3.26. The Hall–Kier alpha value is -2.35. The fourth-order valence-corrected chi connectivity index (χ4v) is 1.82. The van der Waals surface area contributed by atoms with Crippen LogP contribution in [0.1, 0.15) is 16.7 Å². The second kappa shape index (κ2) is 4.73. The molecule has 0 unspecified atom stereocenters. The molecule has 2 rings (SSSR count). The van der Waals surface area contributed by atoms with Gasteiger partial charge < -0.3 is 0 Å². The van der Waals surface area contributed by atoms with Crippen molar-refractivity contribution in [2.75, 3.05) is 0 Å². The molecule has 0 saturated heterocycles. The van der Waals surface area contributed by atoms with E-state index in [-0.39, 0.29) is 5.56 Å². The Labute approximate surface area is 108 Å². The molecule has 19 heavy (non-hydrogen) atoms. The number of benzene rings is 1. The van der Waals surface area contributed by atoms with E-state index in [2.05, 4.69) is 4.98 Å². The Bertz CT molecular complexity index is 654. The number of alkyl halides is 3. The number of aryl methyl sites for hydroxylation is 1. The molecule has 0 atom stereocenters. The molecule has 0 fully saturated rings. The van der Waals surface area contributed by atoms with Crippen LogP contribution in [-0.2, 0) is 6.18 Å². The molecular weight excluding hydrogens is 253 g/mol. The van der Waals surface area contributed by atoms with Gasteiger partial charge in [0.05, 0.1) is 17.2 Å². The van der Waals surface area contributed by atoms with Gasteiger partial charge in [0.1, 0.15) is 0 Å². The van der Waals surface area contributed by atoms with Gasteiger partial charge in [0.25, 0.3) is 0 Å². The van der Waals surface area contributed by atoms with Crippen molar-refractivity contribution in [3.63, 3.8) is 0 Å². The van der Waals surface area contributed by atoms with Crippen LogP contribution in [0.2, 0.25) is 0 Å². The van der Waals surface area contributed by atoms with Gasteiger partial charge in [-0.2, -0.15) is 18.4 Å². The molecule has 1 aromatic carbocycles. The standard InChI is InChI=1S/C14H9F3N2/c1-9-4-5-19-8-12(9)10-2-3-13(14(15,16)17)11(6-10)7-18/h2-6,8H,1H3. The molecule has 0 bridgehead atoms. The smallest absolute Gasteiger partial charge is 0.264 e. The van der Waals surface area contributed by atoms with E-state index < -0.39 is 11.7 Å². The van der Waals surface area contributed by atoms with Crippen LogP contribution in [0.25, 0.3) is 11.1 Å². The molecule has 1 aromatic heterocycles. The molecule has 0 amide bonds. The Balaban J connectivity index is 2.59. The lowest BCUT2D eigenvalue weighted by Crippen LogP contribution is -2.07. The molecule has 2 aromatic rings. The summed E-state index contributed by atoms with van der Waals surface area (Å²) >= 11 is 0. The van der Waals surface area contributed by atoms with Crippen LogP contribution in [0, 0.1) is 18.3 Å². The summed E-state index contributed by atoms with van der Waals surface area (Å²) in [7, 11) is 0. The van der Waals surface area contributed by atoms with E-state index in [9.17, 15) is 13.2 Å². The first-order valence-corrected chi connectivity index (χ1v) is 5.46. The van der Waals surface area contributed by atoms with Gasteiger partial charge in [-0.05, 0) is 36.2 Å². The van der Waals surface area contributed by atoms with Crippen molar-refractivity contribution in [2.24, 2.45) is 0 Å². The number of aromatic nitrogens is 1. The first-order chi connectivity index (χ1) is 8.93. The molecule has 0 aliphatic rings. The molecule has 0 saturated carbocycles. The molecule has 0 radical (unpaired) electrons. The van der Waals surface area contributed by atoms with Crippen molar-refractivity contribution in [1.82, 2.24) is 4.98 Å². The Morgan fingerprint density at radius 1 is 1.21 bits per heavy atom. The zero-order valence-corrected chi connectivity index (χ0v) is 9.99. The topological polar surface area (TPSA) is 36.7 Å². The largest absolute Gasteiger partial charge is 0.417 e. The predicted octanol–water partition coefficient (Wildman–Crippen LogP) is 3.95. The zero-order valence-electron chi connectivity index (χ0n) is 9.99. The summed E-state index contributed by atoms with van der Waals surface area (Å²) in [5.41, 5.74) is 0.857. The van der Waals surface area contributed by atoms with Gasteiger partial charge in [0, 0.05) is 18.0 Å². The van der Waals surface area contributed by atoms with Crippen LogP contribution in [0.15, 0.2) is 36.7 Å². The highest BCUT2D eigenvalue weighted by molar-refractivity contribution is 5.68. The van der Waals surface area contributed by atoms with Crippen LogP contribution in [0.5, 0.6) is 0 Å². The maximum atomic E-state index is 12.7. The lowest BCUT2D eigenvalue weighted by Gasteiger charge is -2.11. The van der Waals surface area contributed by atoms with Crippen molar-refractivity contribution < 1.29 is 13.2 Å². The van der Waals surface area contributed by atoms with Gasteiger partial charge in [-0.3, -0.25) is 4.98 Å². The average Bonchev–Trinajstić information content (AvgIpc) is 2.37. The van der Waals surface area contributed by atoms with Gasteiger partial charge in [-0.15, -0.1) is 0 Å². The van der Waals surface area contributed by atoms with Gasteiger partial charge in [-0.25, -0.2) is 0 Å². The van der Waals surface area contributed by atoms with Gasteiger partial charge in [0.15, 0.2) is 0 Å². The minimum absolute atomic E-state index is 0.381. The molecule has 0 aliphatic carbocycles. The van der Waals surface area contributed by atoms with Crippen molar-refractivity contribution in [1.29, 1.82) is 5.26 Å². The SMILES string of the molecule is Cc1ccncc1-c1ccc(C(F)(F)F)c(C#N)c1. The first-order valence-electron chi connectivity index (χ1n) is 5.46. The molecule has 2 nitrogen and oxygen atoms in total. The van der Waals surface area contributed by atoms with Crippen LogP contribution < -0.4 is 0 Å². The number of rotatable bonds is 1. The predicted molar refractivity (Wildman–Crippen MR) is 64.1 cm³/mol. The lowest BCUT2D eigenvalue weighted by atomic mass is 9.98. The maximum absolute atomic E-state index is 12.7. The van der Waals surface area contributed by atoms with E-state index in [1.165, 1.54) is 12.1 Å². The maximum Gasteiger partial charge on any atom is 0.417 e. The van der Waals surface area contributed by atoms with E-state index in [0.717, 1.165) is 11.6 Å². The first kappa shape index (κ1) is 13.1. The fourth-order valence-electron chi connectivity index (χ4n) is 1.82. The minimum Gasteiger partial charge on any atom is -0.264 e. The summed E-state index contributed by atoms with van der Waals surface area (Å²) in [6.45, 7) is 1.83. The number of nitrogens with zero attached hydrogens (tertiary/aromatic N) is 2. The number of nitriles is 1. The highest BCUT2D eigenvalue weighted by Crippen LogP contribution is 2.34. The van der Waals surface area contributed by atoms with Crippen LogP contribution in [0.4, 0.5) is 13.2 Å². The van der Waals surface area contributed by atoms with Crippen molar-refractivity contribution in [2.45, 2.75) is 13.1 Å².